The average molecular weight is 276 g/mol. The van der Waals surface area contributed by atoms with Crippen molar-refractivity contribution < 1.29 is 9.59 Å². The molecule has 6 atom stereocenters. The number of nitrogens with zero attached hydrogens (tertiary/aromatic N) is 1. The molecule has 1 N–H and O–H groups in total. The molecule has 0 radical (unpaired) electrons. The monoisotopic (exact) mass is 276 g/mol. The third-order valence-electron chi connectivity index (χ3n) is 6.26. The minimum atomic E-state index is -0.275. The van der Waals surface area contributed by atoms with Crippen molar-refractivity contribution in [1.82, 2.24) is 10.2 Å². The maximum absolute atomic E-state index is 12.7. The molecule has 4 fully saturated rings. The predicted molar refractivity (Wildman–Crippen MR) is 74.7 cm³/mol. The van der Waals surface area contributed by atoms with Crippen molar-refractivity contribution in [2.45, 2.75) is 64.1 Å². The van der Waals surface area contributed by atoms with Crippen molar-refractivity contribution in [2.24, 2.45) is 23.7 Å². The molecule has 6 unspecified atom stereocenters. The standard InChI is InChI=1S/C16H24N2O2/c1-3-4-11-16(20)18(8(2)15(19)17-11)14-12-9-5-6-10(7-9)13(12)14/h8-14H,3-7H2,1-2H3,(H,17,19). The van der Waals surface area contributed by atoms with Crippen LogP contribution in [-0.2, 0) is 9.59 Å². The summed E-state index contributed by atoms with van der Waals surface area (Å²) >= 11 is 0. The molecule has 1 saturated heterocycles. The highest BCUT2D eigenvalue weighted by atomic mass is 16.2. The lowest BCUT2D eigenvalue weighted by atomic mass is 10.00. The van der Waals surface area contributed by atoms with Crippen LogP contribution in [0.2, 0.25) is 0 Å². The first-order valence-electron chi connectivity index (χ1n) is 8.26. The van der Waals surface area contributed by atoms with Crippen LogP contribution in [0, 0.1) is 23.7 Å². The van der Waals surface area contributed by atoms with Gasteiger partial charge in [0.05, 0.1) is 0 Å². The molecule has 3 saturated carbocycles. The van der Waals surface area contributed by atoms with Gasteiger partial charge in [0.15, 0.2) is 0 Å². The summed E-state index contributed by atoms with van der Waals surface area (Å²) in [5.74, 6) is 3.33. The third kappa shape index (κ3) is 1.54. The maximum Gasteiger partial charge on any atom is 0.246 e. The Morgan fingerprint density at radius 2 is 1.85 bits per heavy atom. The SMILES string of the molecule is CCCC1NC(=O)C(C)N(C2C3C4CCC(C4)C32)C1=O. The molecule has 2 bridgehead atoms. The van der Waals surface area contributed by atoms with Crippen molar-refractivity contribution >= 4 is 11.8 Å². The van der Waals surface area contributed by atoms with Crippen molar-refractivity contribution in [1.29, 1.82) is 0 Å². The van der Waals surface area contributed by atoms with Gasteiger partial charge in [0.25, 0.3) is 0 Å². The van der Waals surface area contributed by atoms with Gasteiger partial charge in [-0.2, -0.15) is 0 Å². The third-order valence-corrected chi connectivity index (χ3v) is 6.26. The Balaban J connectivity index is 1.57. The van der Waals surface area contributed by atoms with E-state index < -0.39 is 0 Å². The Hall–Kier alpha value is -1.06. The lowest BCUT2D eigenvalue weighted by Crippen LogP contribution is -2.63. The molecule has 4 rings (SSSR count). The Bertz CT molecular complexity index is 447. The summed E-state index contributed by atoms with van der Waals surface area (Å²) in [5.41, 5.74) is 0. The lowest BCUT2D eigenvalue weighted by molar-refractivity contribution is -0.150. The van der Waals surface area contributed by atoms with Gasteiger partial charge in [-0.05, 0) is 56.3 Å². The van der Waals surface area contributed by atoms with Gasteiger partial charge >= 0.3 is 0 Å². The molecular formula is C16H24N2O2. The number of piperazine rings is 1. The topological polar surface area (TPSA) is 49.4 Å². The average Bonchev–Trinajstić information content (AvgIpc) is 2.84. The molecule has 1 aliphatic heterocycles. The fraction of sp³-hybridized carbons (Fsp3) is 0.875. The number of rotatable bonds is 3. The van der Waals surface area contributed by atoms with Crippen LogP contribution < -0.4 is 5.32 Å². The molecule has 0 aromatic heterocycles. The minimum absolute atomic E-state index is 0.0420. The van der Waals surface area contributed by atoms with Crippen LogP contribution in [0.4, 0.5) is 0 Å². The number of nitrogens with one attached hydrogen (secondary N) is 1. The van der Waals surface area contributed by atoms with E-state index in [9.17, 15) is 9.59 Å². The number of carbonyl (C=O) groups excluding carboxylic acids is 2. The number of amides is 2. The highest BCUT2D eigenvalue weighted by molar-refractivity contribution is 5.97. The normalized spacial score (nSPS) is 49.3. The summed E-state index contributed by atoms with van der Waals surface area (Å²) in [4.78, 5) is 26.9. The summed E-state index contributed by atoms with van der Waals surface area (Å²) in [6.07, 6.45) is 5.78. The van der Waals surface area contributed by atoms with E-state index in [1.54, 1.807) is 0 Å². The second-order valence-electron chi connectivity index (χ2n) is 7.25. The zero-order valence-electron chi connectivity index (χ0n) is 12.3. The molecule has 1 heterocycles. The zero-order valence-corrected chi connectivity index (χ0v) is 12.3. The van der Waals surface area contributed by atoms with Crippen LogP contribution in [0.1, 0.15) is 46.0 Å². The van der Waals surface area contributed by atoms with Gasteiger partial charge in [-0.3, -0.25) is 9.59 Å². The fourth-order valence-electron chi connectivity index (χ4n) is 5.39. The van der Waals surface area contributed by atoms with Crippen LogP contribution in [0.15, 0.2) is 0 Å². The molecular weight excluding hydrogens is 252 g/mol. The fourth-order valence-corrected chi connectivity index (χ4v) is 5.39. The van der Waals surface area contributed by atoms with E-state index in [0.717, 1.165) is 24.7 Å². The number of fused-ring (bicyclic) bond motifs is 5. The summed E-state index contributed by atoms with van der Waals surface area (Å²) in [5, 5.41) is 2.90. The van der Waals surface area contributed by atoms with Gasteiger partial charge in [-0.1, -0.05) is 13.3 Å². The number of hydrogen-bond acceptors (Lipinski definition) is 2. The Morgan fingerprint density at radius 3 is 2.45 bits per heavy atom. The molecule has 0 aromatic carbocycles. The van der Waals surface area contributed by atoms with Crippen molar-refractivity contribution in [3.05, 3.63) is 0 Å². The highest BCUT2D eigenvalue weighted by Gasteiger charge is 2.68. The van der Waals surface area contributed by atoms with Crippen molar-refractivity contribution in [2.75, 3.05) is 0 Å². The Labute approximate surface area is 120 Å². The molecule has 4 heteroatoms. The first-order chi connectivity index (χ1) is 9.63. The maximum atomic E-state index is 12.7. The van der Waals surface area contributed by atoms with E-state index in [1.807, 2.05) is 11.8 Å². The van der Waals surface area contributed by atoms with Gasteiger partial charge in [0, 0.05) is 6.04 Å². The minimum Gasteiger partial charge on any atom is -0.343 e. The van der Waals surface area contributed by atoms with Crippen LogP contribution in [0.3, 0.4) is 0 Å². The first kappa shape index (κ1) is 12.7. The zero-order chi connectivity index (χ0) is 14.0. The molecule has 3 aliphatic carbocycles. The molecule has 4 aliphatic rings. The lowest BCUT2D eigenvalue weighted by Gasteiger charge is -2.39. The van der Waals surface area contributed by atoms with Gasteiger partial charge in [-0.15, -0.1) is 0 Å². The second-order valence-corrected chi connectivity index (χ2v) is 7.25. The summed E-state index contributed by atoms with van der Waals surface area (Å²) < 4.78 is 0. The van der Waals surface area contributed by atoms with Gasteiger partial charge in [-0.25, -0.2) is 0 Å². The Morgan fingerprint density at radius 1 is 1.20 bits per heavy atom. The predicted octanol–water partition coefficient (Wildman–Crippen LogP) is 1.55. The summed E-state index contributed by atoms with van der Waals surface area (Å²) in [6, 6.07) is -0.164. The van der Waals surface area contributed by atoms with E-state index in [0.29, 0.717) is 17.9 Å². The highest BCUT2D eigenvalue weighted by Crippen LogP contribution is 2.67. The van der Waals surface area contributed by atoms with Gasteiger partial charge in [0.1, 0.15) is 12.1 Å². The molecule has 0 aromatic rings. The summed E-state index contributed by atoms with van der Waals surface area (Å²) in [7, 11) is 0. The number of carbonyl (C=O) groups is 2. The van der Waals surface area contributed by atoms with E-state index in [1.165, 1.54) is 19.3 Å². The van der Waals surface area contributed by atoms with Crippen LogP contribution in [0.5, 0.6) is 0 Å². The molecule has 20 heavy (non-hydrogen) atoms. The van der Waals surface area contributed by atoms with Gasteiger partial charge < -0.3 is 10.2 Å². The van der Waals surface area contributed by atoms with Crippen LogP contribution >= 0.6 is 0 Å². The van der Waals surface area contributed by atoms with E-state index in [-0.39, 0.29) is 23.9 Å². The second kappa shape index (κ2) is 4.22. The molecule has 4 nitrogen and oxygen atoms in total. The van der Waals surface area contributed by atoms with Crippen LogP contribution in [-0.4, -0.2) is 34.8 Å². The molecule has 110 valence electrons. The quantitative estimate of drug-likeness (QED) is 0.850. The number of hydrogen-bond donors (Lipinski definition) is 1. The Kier molecular flexibility index (Phi) is 2.67. The van der Waals surface area contributed by atoms with E-state index in [2.05, 4.69) is 12.2 Å². The summed E-state index contributed by atoms with van der Waals surface area (Å²) in [6.45, 7) is 3.96. The van der Waals surface area contributed by atoms with Crippen molar-refractivity contribution in [3.8, 4) is 0 Å². The largest absolute Gasteiger partial charge is 0.343 e. The van der Waals surface area contributed by atoms with E-state index in [4.69, 9.17) is 0 Å². The smallest absolute Gasteiger partial charge is 0.246 e. The first-order valence-corrected chi connectivity index (χ1v) is 8.26. The molecule has 2 amide bonds. The molecule has 0 spiro atoms. The van der Waals surface area contributed by atoms with Gasteiger partial charge in [0.2, 0.25) is 11.8 Å². The van der Waals surface area contributed by atoms with E-state index >= 15 is 0 Å². The van der Waals surface area contributed by atoms with Crippen molar-refractivity contribution in [3.63, 3.8) is 0 Å². The van der Waals surface area contributed by atoms with Crippen LogP contribution in [0.25, 0.3) is 0 Å².